The highest BCUT2D eigenvalue weighted by atomic mass is 16.5. The van der Waals surface area contributed by atoms with Crippen LogP contribution in [-0.2, 0) is 21.7 Å². The molecule has 0 atom stereocenters. The lowest BCUT2D eigenvalue weighted by molar-refractivity contribution is -0.599. The molecule has 0 N–H and O–H groups in total. The van der Waals surface area contributed by atoms with Gasteiger partial charge < -0.3 is 4.74 Å². The zero-order chi connectivity index (χ0) is 38.1. The molecule has 0 saturated carbocycles. The van der Waals surface area contributed by atoms with Crippen LogP contribution in [0.25, 0.3) is 39.0 Å². The molecule has 3 aromatic heterocycles. The van der Waals surface area contributed by atoms with Gasteiger partial charge in [-0.2, -0.15) is 0 Å². The van der Waals surface area contributed by atoms with E-state index in [-0.39, 0.29) is 21.7 Å². The normalized spacial score (nSPS) is 12.9. The number of nitrogens with zero attached hydrogens (tertiary/aromatic N) is 4. The van der Waals surface area contributed by atoms with Crippen LogP contribution in [0.3, 0.4) is 0 Å². The van der Waals surface area contributed by atoms with Crippen molar-refractivity contribution >= 4 is 21.8 Å². The van der Waals surface area contributed by atoms with E-state index in [0.29, 0.717) is 0 Å². The minimum absolute atomic E-state index is 0.000234. The maximum atomic E-state index is 6.85. The second-order valence-corrected chi connectivity index (χ2v) is 18.6. The summed E-state index contributed by atoms with van der Waals surface area (Å²) in [5.74, 6) is 2.45. The molecule has 272 valence electrons. The molecule has 7 rings (SSSR count). The van der Waals surface area contributed by atoms with E-state index in [0.717, 1.165) is 50.8 Å². The summed E-state index contributed by atoms with van der Waals surface area (Å²) in [7, 11) is 0. The molecule has 7 aromatic rings. The van der Waals surface area contributed by atoms with E-state index < -0.39 is 0 Å². The first-order chi connectivity index (χ1) is 24.8. The SMILES string of the molecule is CC(C)(C)c1cc(Oc2ccc3c4ccccc4n(-c4cc(C(C)(C)C)ccn4)c3c2)cc(-n2[c-][n+](-c3cccc(C(C)(C)C)c3)cc2C(C)(C)C)c1. The average molecular weight is 703 g/mol. The summed E-state index contributed by atoms with van der Waals surface area (Å²) >= 11 is 0. The van der Waals surface area contributed by atoms with Crippen molar-refractivity contribution in [1.29, 1.82) is 0 Å². The number of para-hydroxylation sites is 1. The van der Waals surface area contributed by atoms with Gasteiger partial charge in [0.05, 0.1) is 28.1 Å². The molecule has 0 amide bonds. The van der Waals surface area contributed by atoms with Crippen LogP contribution in [0.15, 0.2) is 109 Å². The second kappa shape index (κ2) is 12.8. The van der Waals surface area contributed by atoms with Gasteiger partial charge in [-0.1, -0.05) is 113 Å². The van der Waals surface area contributed by atoms with Crippen LogP contribution in [0.2, 0.25) is 0 Å². The molecule has 0 aliphatic heterocycles. The first kappa shape index (κ1) is 36.2. The molecule has 0 bridgehead atoms. The molecule has 5 heteroatoms. The minimum Gasteiger partial charge on any atom is -0.458 e. The van der Waals surface area contributed by atoms with E-state index in [4.69, 9.17) is 9.72 Å². The van der Waals surface area contributed by atoms with Gasteiger partial charge in [0.2, 0.25) is 0 Å². The van der Waals surface area contributed by atoms with Gasteiger partial charge in [-0.05, 0) is 99.0 Å². The Balaban J connectivity index is 1.36. The predicted octanol–water partition coefficient (Wildman–Crippen LogP) is 12.0. The predicted molar refractivity (Wildman–Crippen MR) is 220 cm³/mol. The summed E-state index contributed by atoms with van der Waals surface area (Å²) in [5.41, 5.74) is 8.96. The monoisotopic (exact) mass is 702 g/mol. The van der Waals surface area contributed by atoms with E-state index >= 15 is 0 Å². The van der Waals surface area contributed by atoms with Crippen molar-refractivity contribution in [2.75, 3.05) is 0 Å². The van der Waals surface area contributed by atoms with E-state index in [1.54, 1.807) is 0 Å². The Morgan fingerprint density at radius 3 is 1.94 bits per heavy atom. The fourth-order valence-corrected chi connectivity index (χ4v) is 6.96. The van der Waals surface area contributed by atoms with Gasteiger partial charge in [-0.25, -0.2) is 4.98 Å². The van der Waals surface area contributed by atoms with Crippen molar-refractivity contribution in [3.05, 3.63) is 138 Å². The van der Waals surface area contributed by atoms with Crippen LogP contribution in [0.5, 0.6) is 11.5 Å². The Morgan fingerprint density at radius 2 is 1.25 bits per heavy atom. The van der Waals surface area contributed by atoms with Crippen LogP contribution >= 0.6 is 0 Å². The lowest BCUT2D eigenvalue weighted by atomic mass is 9.86. The van der Waals surface area contributed by atoms with E-state index in [1.807, 2.05) is 6.20 Å². The summed E-state index contributed by atoms with van der Waals surface area (Å²) in [6, 6.07) is 34.7. The number of pyridine rings is 1. The third-order valence-electron chi connectivity index (χ3n) is 10.2. The quantitative estimate of drug-likeness (QED) is 0.132. The molecular formula is C48H54N4O. The minimum atomic E-state index is -0.140. The lowest BCUT2D eigenvalue weighted by Crippen LogP contribution is -2.29. The average Bonchev–Trinajstić information content (AvgIpc) is 3.68. The molecular weight excluding hydrogens is 649 g/mol. The molecule has 4 aromatic carbocycles. The molecule has 0 saturated heterocycles. The van der Waals surface area contributed by atoms with Gasteiger partial charge in [0.1, 0.15) is 17.3 Å². The number of ether oxygens (including phenoxy) is 1. The van der Waals surface area contributed by atoms with E-state index in [9.17, 15) is 0 Å². The van der Waals surface area contributed by atoms with Gasteiger partial charge >= 0.3 is 0 Å². The number of fused-ring (bicyclic) bond motifs is 3. The Hall–Kier alpha value is -5.16. The highest BCUT2D eigenvalue weighted by Gasteiger charge is 2.25. The number of benzene rings is 4. The molecule has 0 unspecified atom stereocenters. The number of hydrogen-bond donors (Lipinski definition) is 0. The molecule has 0 radical (unpaired) electrons. The van der Waals surface area contributed by atoms with E-state index in [1.165, 1.54) is 22.1 Å². The molecule has 3 heterocycles. The summed E-state index contributed by atoms with van der Waals surface area (Å²) in [4.78, 5) is 4.88. The Bertz CT molecular complexity index is 2470. The van der Waals surface area contributed by atoms with Crippen LogP contribution in [0.1, 0.15) is 105 Å². The zero-order valence-corrected chi connectivity index (χ0v) is 33.6. The topological polar surface area (TPSA) is 35.9 Å². The molecule has 0 aliphatic carbocycles. The summed E-state index contributed by atoms with van der Waals surface area (Å²) in [6.45, 7) is 27.0. The lowest BCUT2D eigenvalue weighted by Gasteiger charge is -2.24. The van der Waals surface area contributed by atoms with Crippen molar-refractivity contribution in [3.63, 3.8) is 0 Å². The fourth-order valence-electron chi connectivity index (χ4n) is 6.96. The Morgan fingerprint density at radius 1 is 0.566 bits per heavy atom. The Kier molecular flexibility index (Phi) is 8.71. The highest BCUT2D eigenvalue weighted by molar-refractivity contribution is 6.09. The number of aromatic nitrogens is 4. The van der Waals surface area contributed by atoms with Crippen molar-refractivity contribution in [2.24, 2.45) is 0 Å². The molecule has 0 spiro atoms. The summed E-state index contributed by atoms with van der Waals surface area (Å²) in [5, 5.41) is 2.35. The number of imidazole rings is 1. The standard InChI is InChI=1S/C48H54N4O/c1-45(2,3)32-16-15-17-35(24-32)50-30-43(48(10,11)12)51(31-50)36-25-34(47(7,8)9)26-38(28-36)53-37-20-21-40-39-18-13-14-19-41(39)52(42(40)29-37)44-27-33(22-23-49-44)46(4,5)6/h13-30H,1-12H3. The van der Waals surface area contributed by atoms with Gasteiger partial charge in [0.25, 0.3) is 6.33 Å². The number of hydrogen-bond acceptors (Lipinski definition) is 2. The van der Waals surface area contributed by atoms with Crippen molar-refractivity contribution in [3.8, 4) is 28.7 Å². The zero-order valence-electron chi connectivity index (χ0n) is 33.6. The third kappa shape index (κ3) is 7.14. The maximum absolute atomic E-state index is 6.85. The van der Waals surface area contributed by atoms with Crippen molar-refractivity contribution < 1.29 is 9.30 Å². The van der Waals surface area contributed by atoms with Gasteiger partial charge in [0, 0.05) is 29.2 Å². The van der Waals surface area contributed by atoms with Gasteiger partial charge in [0.15, 0.2) is 0 Å². The molecule has 0 fully saturated rings. The molecule has 53 heavy (non-hydrogen) atoms. The largest absolute Gasteiger partial charge is 0.458 e. The second-order valence-electron chi connectivity index (χ2n) is 18.6. The van der Waals surface area contributed by atoms with Crippen LogP contribution in [0.4, 0.5) is 0 Å². The maximum Gasteiger partial charge on any atom is 0.269 e. The van der Waals surface area contributed by atoms with Crippen molar-refractivity contribution in [2.45, 2.75) is 105 Å². The first-order valence-corrected chi connectivity index (χ1v) is 18.8. The van der Waals surface area contributed by atoms with E-state index in [2.05, 4.69) is 206 Å². The van der Waals surface area contributed by atoms with Crippen molar-refractivity contribution in [1.82, 2.24) is 14.1 Å². The highest BCUT2D eigenvalue weighted by Crippen LogP contribution is 2.38. The third-order valence-corrected chi connectivity index (χ3v) is 10.2. The van der Waals surface area contributed by atoms with Crippen LogP contribution in [-0.4, -0.2) is 14.1 Å². The molecule has 5 nitrogen and oxygen atoms in total. The van der Waals surface area contributed by atoms with Gasteiger partial charge in [-0.15, -0.1) is 0 Å². The van der Waals surface area contributed by atoms with Crippen LogP contribution < -0.4 is 9.30 Å². The molecule has 0 aliphatic rings. The fraction of sp³-hybridized carbons (Fsp3) is 0.333. The Labute approximate surface area is 315 Å². The first-order valence-electron chi connectivity index (χ1n) is 18.8. The van der Waals surface area contributed by atoms with Crippen LogP contribution in [0, 0.1) is 6.33 Å². The summed E-state index contributed by atoms with van der Waals surface area (Å²) in [6.07, 6.45) is 7.86. The van der Waals surface area contributed by atoms with Gasteiger partial charge in [-0.3, -0.25) is 13.7 Å². The number of rotatable bonds is 5. The smallest absolute Gasteiger partial charge is 0.269 e. The summed E-state index contributed by atoms with van der Waals surface area (Å²) < 4.78 is 13.5.